The van der Waals surface area contributed by atoms with Crippen LogP contribution < -0.4 is 16.3 Å². The molecule has 1 aromatic rings. The normalized spacial score (nSPS) is 23.1. The van der Waals surface area contributed by atoms with E-state index in [9.17, 15) is 28.8 Å². The minimum Gasteiger partial charge on any atom is -0.462 e. The second-order valence-electron chi connectivity index (χ2n) is 10.5. The first-order valence-corrected chi connectivity index (χ1v) is 15.6. The largest absolute Gasteiger partial charge is 0.462 e. The molecule has 0 spiro atoms. The second kappa shape index (κ2) is 13.8. The van der Waals surface area contributed by atoms with Crippen LogP contribution in [0.2, 0.25) is 0 Å². The molecule has 0 amide bonds. The van der Waals surface area contributed by atoms with Crippen LogP contribution in [0.3, 0.4) is 0 Å². The number of aliphatic hydroxyl groups excluding tert-OH is 1. The molecular weight excluding hydrogens is 612 g/mol. The van der Waals surface area contributed by atoms with Crippen molar-refractivity contribution < 1.29 is 37.8 Å². The number of alkyl halides is 2. The molecule has 5 atom stereocenters. The average molecular weight is 648 g/mol. The molecule has 2 heterocycles. The van der Waals surface area contributed by atoms with Gasteiger partial charge in [0.1, 0.15) is 18.2 Å². The summed E-state index contributed by atoms with van der Waals surface area (Å²) in [5.41, 5.74) is -1.93. The van der Waals surface area contributed by atoms with E-state index in [4.69, 9.17) is 41.7 Å². The van der Waals surface area contributed by atoms with Crippen molar-refractivity contribution in [3.8, 4) is 0 Å². The third-order valence-electron chi connectivity index (χ3n) is 5.43. The second-order valence-corrected chi connectivity index (χ2v) is 14.8. The van der Waals surface area contributed by atoms with Crippen molar-refractivity contribution >= 4 is 53.8 Å². The number of carbonyl (C=O) groups excluding carboxylic acids is 2. The van der Waals surface area contributed by atoms with Crippen LogP contribution in [0.25, 0.3) is 0 Å². The number of esters is 1. The van der Waals surface area contributed by atoms with Crippen LogP contribution >= 0.6 is 42.7 Å². The predicted octanol–water partition coefficient (Wildman–Crippen LogP) is 2.65. The molecule has 40 heavy (non-hydrogen) atoms. The Morgan fingerprint density at radius 1 is 1.27 bits per heavy atom. The lowest BCUT2D eigenvalue weighted by atomic mass is 10.00. The number of rotatable bonds is 12. The van der Waals surface area contributed by atoms with Gasteiger partial charge >= 0.3 is 19.4 Å². The third-order valence-corrected chi connectivity index (χ3v) is 9.21. The van der Waals surface area contributed by atoms with E-state index in [2.05, 4.69) is 10.1 Å². The number of hydrogen-bond donors (Lipinski definition) is 3. The summed E-state index contributed by atoms with van der Waals surface area (Å²) in [6.07, 6.45) is -3.66. The summed E-state index contributed by atoms with van der Waals surface area (Å²) in [5, 5.41) is 13.1. The number of aromatic nitrogens is 2. The van der Waals surface area contributed by atoms with Crippen LogP contribution in [0, 0.1) is 12.3 Å². The van der Waals surface area contributed by atoms with Crippen LogP contribution in [0.5, 0.6) is 0 Å². The van der Waals surface area contributed by atoms with Gasteiger partial charge in [0.15, 0.2) is 15.7 Å². The monoisotopic (exact) mass is 647 g/mol. The van der Waals surface area contributed by atoms with Crippen LogP contribution in [0.15, 0.2) is 15.8 Å². The van der Waals surface area contributed by atoms with Gasteiger partial charge < -0.3 is 14.6 Å². The summed E-state index contributed by atoms with van der Waals surface area (Å²) < 4.78 is 34.3. The Labute approximate surface area is 246 Å². The maximum Gasteiger partial charge on any atom is 0.406 e. The SMILES string of the molecule is Cc1cn([C@@H]2O[C@H](COP(=O)(N[C@H](C)C(=O)OC(C)C)OCCSC(=O)C(C)(C)C)[C@@H](O)C2(Cl)Cl)c(=O)[nH]c1=O. The van der Waals surface area contributed by atoms with Crippen molar-refractivity contribution in [3.05, 3.63) is 32.6 Å². The number of carbonyl (C=O) groups is 2. The maximum absolute atomic E-state index is 13.6. The molecule has 1 aromatic heterocycles. The zero-order valence-electron chi connectivity index (χ0n) is 23.3. The van der Waals surface area contributed by atoms with Crippen molar-refractivity contribution in [2.75, 3.05) is 19.0 Å². The topological polar surface area (TPSA) is 175 Å². The molecule has 1 aliphatic heterocycles. The van der Waals surface area contributed by atoms with Gasteiger partial charge in [0, 0.05) is 22.9 Å². The summed E-state index contributed by atoms with van der Waals surface area (Å²) in [7, 11) is -4.28. The zero-order valence-corrected chi connectivity index (χ0v) is 26.5. The van der Waals surface area contributed by atoms with E-state index in [1.165, 1.54) is 20.0 Å². The Hall–Kier alpha value is -1.22. The predicted molar refractivity (Wildman–Crippen MR) is 151 cm³/mol. The highest BCUT2D eigenvalue weighted by atomic mass is 35.5. The Kier molecular flexibility index (Phi) is 12.1. The van der Waals surface area contributed by atoms with Gasteiger partial charge in [-0.2, -0.15) is 0 Å². The molecule has 0 aromatic carbocycles. The highest BCUT2D eigenvalue weighted by molar-refractivity contribution is 8.13. The lowest BCUT2D eigenvalue weighted by molar-refractivity contribution is -0.149. The van der Waals surface area contributed by atoms with Gasteiger partial charge in [-0.15, -0.1) is 0 Å². The summed E-state index contributed by atoms with van der Waals surface area (Å²) in [4.78, 5) is 50.7. The van der Waals surface area contributed by atoms with Gasteiger partial charge in [-0.05, 0) is 27.7 Å². The number of nitrogens with one attached hydrogen (secondary N) is 2. The number of aryl methyl sites for hydroxylation is 1. The van der Waals surface area contributed by atoms with Gasteiger partial charge in [0.2, 0.25) is 0 Å². The first-order chi connectivity index (χ1) is 18.3. The van der Waals surface area contributed by atoms with Gasteiger partial charge in [0.05, 0.1) is 19.3 Å². The summed E-state index contributed by atoms with van der Waals surface area (Å²) in [6.45, 7) is 10.6. The Bertz CT molecular complexity index is 1230. The number of halogens is 2. The number of ether oxygens (including phenoxy) is 2. The fourth-order valence-corrected chi connectivity index (χ4v) is 6.26. The third kappa shape index (κ3) is 9.14. The molecular formula is C23H36Cl2N3O10PS. The minimum atomic E-state index is -4.28. The Morgan fingerprint density at radius 3 is 2.48 bits per heavy atom. The molecule has 2 rings (SSSR count). The van der Waals surface area contributed by atoms with E-state index in [0.717, 1.165) is 16.3 Å². The van der Waals surface area contributed by atoms with Crippen molar-refractivity contribution in [2.45, 2.75) is 83.4 Å². The molecule has 0 radical (unpaired) electrons. The van der Waals surface area contributed by atoms with E-state index >= 15 is 0 Å². The fraction of sp³-hybridized carbons (Fsp3) is 0.739. The van der Waals surface area contributed by atoms with Crippen molar-refractivity contribution in [1.29, 1.82) is 0 Å². The van der Waals surface area contributed by atoms with E-state index in [-0.39, 0.29) is 23.0 Å². The smallest absolute Gasteiger partial charge is 0.406 e. The van der Waals surface area contributed by atoms with Crippen LogP contribution in [-0.4, -0.2) is 73.4 Å². The molecule has 0 aliphatic carbocycles. The quantitative estimate of drug-likeness (QED) is 0.131. The van der Waals surface area contributed by atoms with Crippen LogP contribution in [-0.2, 0) is 32.7 Å². The van der Waals surface area contributed by atoms with E-state index in [1.54, 1.807) is 34.6 Å². The summed E-state index contributed by atoms with van der Waals surface area (Å²) >= 11 is 13.7. The lowest BCUT2D eigenvalue weighted by Crippen LogP contribution is -2.42. The molecule has 1 saturated heterocycles. The highest BCUT2D eigenvalue weighted by Crippen LogP contribution is 2.49. The summed E-state index contributed by atoms with van der Waals surface area (Å²) in [6, 6.07) is -1.12. The molecule has 0 bridgehead atoms. The van der Waals surface area contributed by atoms with Crippen molar-refractivity contribution in [1.82, 2.24) is 14.6 Å². The molecule has 1 aliphatic rings. The molecule has 1 unspecified atom stereocenters. The number of nitrogens with zero attached hydrogens (tertiary/aromatic N) is 1. The van der Waals surface area contributed by atoms with Crippen molar-refractivity contribution in [2.24, 2.45) is 5.41 Å². The first-order valence-electron chi connectivity index (χ1n) is 12.4. The van der Waals surface area contributed by atoms with Crippen LogP contribution in [0.4, 0.5) is 0 Å². The number of aliphatic hydroxyl groups is 1. The Balaban J connectivity index is 2.19. The van der Waals surface area contributed by atoms with E-state index in [1.807, 2.05) is 0 Å². The van der Waals surface area contributed by atoms with E-state index < -0.39 is 71.9 Å². The Morgan fingerprint density at radius 2 is 1.90 bits per heavy atom. The molecule has 13 nitrogen and oxygen atoms in total. The molecule has 0 saturated carbocycles. The molecule has 3 N–H and O–H groups in total. The minimum absolute atomic E-state index is 0.101. The number of thioether (sulfide) groups is 1. The van der Waals surface area contributed by atoms with E-state index in [0.29, 0.717) is 0 Å². The average Bonchev–Trinajstić information content (AvgIpc) is 3.05. The number of aromatic amines is 1. The van der Waals surface area contributed by atoms with Gasteiger partial charge in [-0.1, -0.05) is 55.7 Å². The molecule has 17 heteroatoms. The van der Waals surface area contributed by atoms with Crippen molar-refractivity contribution in [3.63, 3.8) is 0 Å². The number of hydrogen-bond acceptors (Lipinski definition) is 11. The van der Waals surface area contributed by atoms with Gasteiger partial charge in [0.25, 0.3) is 5.56 Å². The highest BCUT2D eigenvalue weighted by Gasteiger charge is 2.56. The number of H-pyrrole nitrogens is 1. The molecule has 228 valence electrons. The lowest BCUT2D eigenvalue weighted by Gasteiger charge is -2.25. The molecule has 1 fully saturated rings. The van der Waals surface area contributed by atoms with Crippen LogP contribution in [0.1, 0.15) is 53.3 Å². The maximum atomic E-state index is 13.6. The van der Waals surface area contributed by atoms with Gasteiger partial charge in [-0.25, -0.2) is 14.4 Å². The zero-order chi connectivity index (χ0) is 30.6. The van der Waals surface area contributed by atoms with Gasteiger partial charge in [-0.3, -0.25) is 33.0 Å². The summed E-state index contributed by atoms with van der Waals surface area (Å²) in [5.74, 6) is -0.577. The standard InChI is InChI=1S/C23H36Cl2N3O10PS/c1-12(2)37-18(31)14(4)27-39(34,35-8-9-40-20(32)22(5,6)7)36-11-15-16(29)23(24,25)19(38-15)28-10-13(3)17(30)26-21(28)33/h10,12,14-16,19,29H,8-9,11H2,1-7H3,(H,27,34)(H,26,30,33)/t14-,15-,16-,19-,39?/m1/s1. The first kappa shape index (κ1) is 35.0. The fourth-order valence-electron chi connectivity index (χ4n) is 3.28.